The lowest BCUT2D eigenvalue weighted by molar-refractivity contribution is -0.0387. The minimum absolute atomic E-state index is 0.0257. The minimum Gasteiger partial charge on any atom is -0.375 e. The average molecular weight is 340 g/mol. The number of ether oxygens (including phenoxy) is 1. The third kappa shape index (κ3) is 3.57. The fraction of sp³-hybridized carbons (Fsp3) is 0.562. The molecule has 1 N–H and O–H groups in total. The summed E-state index contributed by atoms with van der Waals surface area (Å²) in [6, 6.07) is 3.17. The number of sulfonamides is 1. The lowest BCUT2D eigenvalue weighted by atomic mass is 10.0. The lowest BCUT2D eigenvalue weighted by Crippen LogP contribution is -2.50. The third-order valence-electron chi connectivity index (χ3n) is 4.29. The molecule has 7 heteroatoms. The van der Waals surface area contributed by atoms with Crippen LogP contribution in [0.15, 0.2) is 17.0 Å². The summed E-state index contributed by atoms with van der Waals surface area (Å²) in [5.41, 5.74) is 1.82. The molecule has 0 unspecified atom stereocenters. The van der Waals surface area contributed by atoms with E-state index in [1.165, 1.54) is 13.1 Å². The van der Waals surface area contributed by atoms with Gasteiger partial charge in [0.2, 0.25) is 10.0 Å². The number of rotatable bonds is 3. The van der Waals surface area contributed by atoms with Gasteiger partial charge in [0.1, 0.15) is 0 Å². The van der Waals surface area contributed by atoms with Crippen molar-refractivity contribution in [2.24, 2.45) is 0 Å². The Morgan fingerprint density at radius 3 is 2.57 bits per heavy atom. The van der Waals surface area contributed by atoms with Crippen LogP contribution < -0.4 is 4.72 Å². The molecule has 0 bridgehead atoms. The molecule has 1 heterocycles. The predicted octanol–water partition coefficient (Wildman–Crippen LogP) is 1.46. The van der Waals surface area contributed by atoms with E-state index in [0.29, 0.717) is 24.3 Å². The minimum atomic E-state index is -3.61. The highest BCUT2D eigenvalue weighted by Crippen LogP contribution is 2.23. The number of carbonyl (C=O) groups is 1. The van der Waals surface area contributed by atoms with Gasteiger partial charge in [-0.25, -0.2) is 13.1 Å². The Bertz CT molecular complexity index is 715. The average Bonchev–Trinajstić information content (AvgIpc) is 2.51. The number of carbonyl (C=O) groups excluding carboxylic acids is 1. The Kier molecular flexibility index (Phi) is 5.13. The van der Waals surface area contributed by atoms with Crippen LogP contribution in [0.25, 0.3) is 0 Å². The molecule has 1 aliphatic heterocycles. The standard InChI is InChI=1S/C16H24N2O4S/c1-10-6-14(7-15(13(10)4)23(20,21)17-5)16(19)18-8-12(3)22-9-11(18)2/h6-7,11-12,17H,8-9H2,1-5H3/t11-,12-/m1/s1. The van der Waals surface area contributed by atoms with E-state index in [9.17, 15) is 13.2 Å². The number of hydrogen-bond donors (Lipinski definition) is 1. The molecule has 1 aromatic carbocycles. The normalized spacial score (nSPS) is 22.2. The van der Waals surface area contributed by atoms with Gasteiger partial charge in [-0.2, -0.15) is 0 Å². The fourth-order valence-corrected chi connectivity index (χ4v) is 3.76. The van der Waals surface area contributed by atoms with Gasteiger partial charge in [0.05, 0.1) is 23.6 Å². The molecule has 23 heavy (non-hydrogen) atoms. The first-order chi connectivity index (χ1) is 10.7. The van der Waals surface area contributed by atoms with Crippen LogP contribution in [0.1, 0.15) is 35.3 Å². The largest absolute Gasteiger partial charge is 0.375 e. The quantitative estimate of drug-likeness (QED) is 0.904. The second-order valence-electron chi connectivity index (χ2n) is 6.07. The Morgan fingerprint density at radius 2 is 1.96 bits per heavy atom. The molecule has 1 saturated heterocycles. The summed E-state index contributed by atoms with van der Waals surface area (Å²) in [7, 11) is -2.24. The SMILES string of the molecule is CNS(=O)(=O)c1cc(C(=O)N2C[C@@H](C)OC[C@H]2C)cc(C)c1C. The molecule has 2 atom stereocenters. The molecular formula is C16H24N2O4S. The van der Waals surface area contributed by atoms with Crippen molar-refractivity contribution >= 4 is 15.9 Å². The molecule has 1 aliphatic rings. The van der Waals surface area contributed by atoms with Crippen molar-refractivity contribution in [3.63, 3.8) is 0 Å². The van der Waals surface area contributed by atoms with Gasteiger partial charge in [-0.1, -0.05) is 0 Å². The monoisotopic (exact) mass is 340 g/mol. The highest BCUT2D eigenvalue weighted by atomic mass is 32.2. The number of aryl methyl sites for hydroxylation is 1. The van der Waals surface area contributed by atoms with Crippen molar-refractivity contribution < 1.29 is 17.9 Å². The summed E-state index contributed by atoms with van der Waals surface area (Å²) in [5.74, 6) is -0.164. The highest BCUT2D eigenvalue weighted by Gasteiger charge is 2.29. The Hall–Kier alpha value is -1.44. The number of benzene rings is 1. The molecule has 0 radical (unpaired) electrons. The van der Waals surface area contributed by atoms with Gasteiger partial charge >= 0.3 is 0 Å². The maximum atomic E-state index is 12.8. The summed E-state index contributed by atoms with van der Waals surface area (Å²) in [6.07, 6.45) is -0.0257. The van der Waals surface area contributed by atoms with Crippen molar-refractivity contribution in [2.75, 3.05) is 20.2 Å². The maximum absolute atomic E-state index is 12.8. The zero-order valence-electron chi connectivity index (χ0n) is 14.2. The van der Waals surface area contributed by atoms with Gasteiger partial charge in [0.15, 0.2) is 0 Å². The Balaban J connectivity index is 2.46. The summed E-state index contributed by atoms with van der Waals surface area (Å²) in [4.78, 5) is 14.7. The second-order valence-corrected chi connectivity index (χ2v) is 7.93. The lowest BCUT2D eigenvalue weighted by Gasteiger charge is -2.37. The maximum Gasteiger partial charge on any atom is 0.254 e. The number of nitrogens with one attached hydrogen (secondary N) is 1. The molecule has 1 amide bonds. The zero-order valence-corrected chi connectivity index (χ0v) is 15.0. The van der Waals surface area contributed by atoms with Crippen LogP contribution in [-0.2, 0) is 14.8 Å². The first kappa shape index (κ1) is 17.9. The van der Waals surface area contributed by atoms with Crippen molar-refractivity contribution in [3.8, 4) is 0 Å². The molecule has 0 aromatic heterocycles. The van der Waals surface area contributed by atoms with E-state index < -0.39 is 10.0 Å². The Morgan fingerprint density at radius 1 is 1.30 bits per heavy atom. The van der Waals surface area contributed by atoms with Crippen LogP contribution in [0.2, 0.25) is 0 Å². The topological polar surface area (TPSA) is 75.7 Å². The van der Waals surface area contributed by atoms with E-state index in [1.54, 1.807) is 17.9 Å². The zero-order chi connectivity index (χ0) is 17.4. The van der Waals surface area contributed by atoms with Gasteiger partial charge in [-0.15, -0.1) is 0 Å². The fourth-order valence-electron chi connectivity index (χ4n) is 2.69. The van der Waals surface area contributed by atoms with E-state index in [2.05, 4.69) is 4.72 Å². The van der Waals surface area contributed by atoms with Crippen LogP contribution in [0.5, 0.6) is 0 Å². The van der Waals surface area contributed by atoms with Gasteiger partial charge < -0.3 is 9.64 Å². The number of morpholine rings is 1. The van der Waals surface area contributed by atoms with E-state index in [4.69, 9.17) is 4.74 Å². The van der Waals surface area contributed by atoms with E-state index in [1.807, 2.05) is 20.8 Å². The number of amides is 1. The van der Waals surface area contributed by atoms with Crippen LogP contribution in [0.4, 0.5) is 0 Å². The van der Waals surface area contributed by atoms with Crippen LogP contribution in [0, 0.1) is 13.8 Å². The third-order valence-corrected chi connectivity index (χ3v) is 5.83. The van der Waals surface area contributed by atoms with Crippen LogP contribution in [0.3, 0.4) is 0 Å². The number of hydrogen-bond acceptors (Lipinski definition) is 4. The molecule has 0 spiro atoms. The van der Waals surface area contributed by atoms with Gasteiger partial charge in [0.25, 0.3) is 5.91 Å². The second kappa shape index (κ2) is 6.59. The molecule has 128 valence electrons. The van der Waals surface area contributed by atoms with Crippen molar-refractivity contribution in [3.05, 3.63) is 28.8 Å². The molecule has 0 aliphatic carbocycles. The van der Waals surface area contributed by atoms with Gasteiger partial charge in [-0.05, 0) is 58.0 Å². The van der Waals surface area contributed by atoms with E-state index >= 15 is 0 Å². The van der Waals surface area contributed by atoms with Crippen LogP contribution in [-0.4, -0.2) is 51.6 Å². The molecule has 0 saturated carbocycles. The summed E-state index contributed by atoms with van der Waals surface area (Å²) in [5, 5.41) is 0. The molecular weight excluding hydrogens is 316 g/mol. The summed E-state index contributed by atoms with van der Waals surface area (Å²) in [6.45, 7) is 8.39. The summed E-state index contributed by atoms with van der Waals surface area (Å²) < 4.78 is 32.2. The van der Waals surface area contributed by atoms with E-state index in [-0.39, 0.29) is 22.9 Å². The highest BCUT2D eigenvalue weighted by molar-refractivity contribution is 7.89. The van der Waals surface area contributed by atoms with Gasteiger partial charge in [0, 0.05) is 12.1 Å². The van der Waals surface area contributed by atoms with E-state index in [0.717, 1.165) is 5.56 Å². The summed E-state index contributed by atoms with van der Waals surface area (Å²) >= 11 is 0. The Labute approximate surface area is 137 Å². The van der Waals surface area contributed by atoms with Gasteiger partial charge in [-0.3, -0.25) is 4.79 Å². The number of nitrogens with zero attached hydrogens (tertiary/aromatic N) is 1. The van der Waals surface area contributed by atoms with Crippen molar-refractivity contribution in [2.45, 2.75) is 44.7 Å². The first-order valence-electron chi connectivity index (χ1n) is 7.64. The molecule has 1 aromatic rings. The first-order valence-corrected chi connectivity index (χ1v) is 9.13. The smallest absolute Gasteiger partial charge is 0.254 e. The molecule has 2 rings (SSSR count). The van der Waals surface area contributed by atoms with Crippen molar-refractivity contribution in [1.82, 2.24) is 9.62 Å². The van der Waals surface area contributed by atoms with Crippen molar-refractivity contribution in [1.29, 1.82) is 0 Å². The predicted molar refractivity (Wildman–Crippen MR) is 88.1 cm³/mol. The molecule has 6 nitrogen and oxygen atoms in total. The van der Waals surface area contributed by atoms with Crippen LogP contribution >= 0.6 is 0 Å². The molecule has 1 fully saturated rings.